The fourth-order valence-corrected chi connectivity index (χ4v) is 4.07. The van der Waals surface area contributed by atoms with Gasteiger partial charge in [-0.25, -0.2) is 0 Å². The number of benzene rings is 2. The van der Waals surface area contributed by atoms with Crippen LogP contribution in [0.2, 0.25) is 0 Å². The molecule has 0 aliphatic heterocycles. The van der Waals surface area contributed by atoms with Crippen LogP contribution < -0.4 is 5.32 Å². The summed E-state index contributed by atoms with van der Waals surface area (Å²) in [6, 6.07) is 14.8. The fraction of sp³-hybridized carbons (Fsp3) is 0.333. The van der Waals surface area contributed by atoms with Gasteiger partial charge in [-0.3, -0.25) is 9.59 Å². The average Bonchev–Trinajstić information content (AvgIpc) is 2.71. The number of rotatable bonds is 9. The van der Waals surface area contributed by atoms with E-state index >= 15 is 0 Å². The molecule has 0 radical (unpaired) electrons. The minimum absolute atomic E-state index is 0.0802. The molecule has 7 heteroatoms. The summed E-state index contributed by atoms with van der Waals surface area (Å²) in [7, 11) is 1.78. The second-order valence-electron chi connectivity index (χ2n) is 6.33. The number of amides is 2. The number of carbonyl (C=O) groups is 2. The SMILES string of the molecule is CSCCC(NC(=O)c1ccccc1Br)C(=O)N(C)Cc1ccc(SC)cc1. The highest BCUT2D eigenvalue weighted by Gasteiger charge is 2.25. The van der Waals surface area contributed by atoms with Crippen LogP contribution in [0.3, 0.4) is 0 Å². The lowest BCUT2D eigenvalue weighted by Gasteiger charge is -2.25. The van der Waals surface area contributed by atoms with Gasteiger partial charge in [0.05, 0.1) is 5.56 Å². The topological polar surface area (TPSA) is 49.4 Å². The van der Waals surface area contributed by atoms with Gasteiger partial charge < -0.3 is 10.2 Å². The van der Waals surface area contributed by atoms with E-state index in [0.29, 0.717) is 23.0 Å². The molecule has 0 heterocycles. The lowest BCUT2D eigenvalue weighted by Crippen LogP contribution is -2.47. The third-order valence-electron chi connectivity index (χ3n) is 4.29. The molecule has 2 amide bonds. The summed E-state index contributed by atoms with van der Waals surface area (Å²) in [4.78, 5) is 28.6. The minimum Gasteiger partial charge on any atom is -0.340 e. The Labute approximate surface area is 184 Å². The number of likely N-dealkylation sites (N-methyl/N-ethyl adjacent to an activating group) is 1. The Morgan fingerprint density at radius 2 is 1.79 bits per heavy atom. The van der Waals surface area contributed by atoms with Gasteiger partial charge in [0.25, 0.3) is 5.91 Å². The molecule has 2 aromatic carbocycles. The summed E-state index contributed by atoms with van der Waals surface area (Å²) in [5.74, 6) is 0.469. The number of thioether (sulfide) groups is 2. The Hall–Kier alpha value is -1.44. The number of hydrogen-bond donors (Lipinski definition) is 1. The predicted octanol–water partition coefficient (Wildman–Crippen LogP) is 4.68. The first-order valence-electron chi connectivity index (χ1n) is 8.88. The Balaban J connectivity index is 2.08. The molecule has 2 rings (SSSR count). The van der Waals surface area contributed by atoms with Gasteiger partial charge in [-0.05, 0) is 70.4 Å². The number of halogens is 1. The Morgan fingerprint density at radius 3 is 2.39 bits per heavy atom. The molecule has 150 valence electrons. The minimum atomic E-state index is -0.553. The molecule has 0 saturated heterocycles. The second kappa shape index (κ2) is 11.5. The van der Waals surface area contributed by atoms with Crippen molar-refractivity contribution in [3.8, 4) is 0 Å². The van der Waals surface area contributed by atoms with E-state index in [4.69, 9.17) is 0 Å². The van der Waals surface area contributed by atoms with E-state index in [1.54, 1.807) is 41.5 Å². The Bertz CT molecular complexity index is 799. The predicted molar refractivity (Wildman–Crippen MR) is 123 cm³/mol. The molecule has 0 saturated carbocycles. The van der Waals surface area contributed by atoms with Gasteiger partial charge in [0.2, 0.25) is 5.91 Å². The van der Waals surface area contributed by atoms with Gasteiger partial charge in [0, 0.05) is 23.0 Å². The Morgan fingerprint density at radius 1 is 1.11 bits per heavy atom. The van der Waals surface area contributed by atoms with Crippen LogP contribution >= 0.6 is 39.5 Å². The molecule has 1 unspecified atom stereocenters. The van der Waals surface area contributed by atoms with Crippen molar-refractivity contribution in [2.24, 2.45) is 0 Å². The summed E-state index contributed by atoms with van der Waals surface area (Å²) < 4.78 is 0.714. The molecule has 4 nitrogen and oxygen atoms in total. The van der Waals surface area contributed by atoms with E-state index in [9.17, 15) is 9.59 Å². The highest BCUT2D eigenvalue weighted by molar-refractivity contribution is 9.10. The first-order chi connectivity index (χ1) is 13.5. The van der Waals surface area contributed by atoms with Crippen LogP contribution in [0, 0.1) is 0 Å². The molecular weight excluding hydrogens is 456 g/mol. The number of nitrogens with zero attached hydrogens (tertiary/aromatic N) is 1. The molecule has 1 N–H and O–H groups in total. The normalized spacial score (nSPS) is 11.7. The first-order valence-corrected chi connectivity index (χ1v) is 12.3. The monoisotopic (exact) mass is 480 g/mol. The summed E-state index contributed by atoms with van der Waals surface area (Å²) in [6.07, 6.45) is 4.62. The van der Waals surface area contributed by atoms with Crippen molar-refractivity contribution in [2.45, 2.75) is 23.9 Å². The van der Waals surface area contributed by atoms with Crippen LogP contribution in [0.5, 0.6) is 0 Å². The molecule has 0 aromatic heterocycles. The van der Waals surface area contributed by atoms with Crippen molar-refractivity contribution in [3.63, 3.8) is 0 Å². The van der Waals surface area contributed by atoms with Gasteiger partial charge in [0.1, 0.15) is 6.04 Å². The van der Waals surface area contributed by atoms with Gasteiger partial charge in [-0.2, -0.15) is 11.8 Å². The van der Waals surface area contributed by atoms with Crippen molar-refractivity contribution >= 4 is 51.3 Å². The molecule has 0 fully saturated rings. The largest absolute Gasteiger partial charge is 0.340 e. The zero-order valence-electron chi connectivity index (χ0n) is 16.3. The fourth-order valence-electron chi connectivity index (χ4n) is 2.72. The molecule has 0 bridgehead atoms. The van der Waals surface area contributed by atoms with Crippen LogP contribution in [-0.2, 0) is 11.3 Å². The lowest BCUT2D eigenvalue weighted by molar-refractivity contribution is -0.132. The van der Waals surface area contributed by atoms with Gasteiger partial charge in [-0.15, -0.1) is 11.8 Å². The zero-order chi connectivity index (χ0) is 20.5. The first kappa shape index (κ1) is 22.8. The van der Waals surface area contributed by atoms with Crippen LogP contribution in [0.4, 0.5) is 0 Å². The van der Waals surface area contributed by atoms with Crippen LogP contribution in [-0.4, -0.2) is 48.1 Å². The number of nitrogens with one attached hydrogen (secondary N) is 1. The highest BCUT2D eigenvalue weighted by atomic mass is 79.9. The van der Waals surface area contributed by atoms with Gasteiger partial charge >= 0.3 is 0 Å². The Kier molecular flexibility index (Phi) is 9.41. The van der Waals surface area contributed by atoms with Crippen molar-refractivity contribution in [1.82, 2.24) is 10.2 Å². The van der Waals surface area contributed by atoms with Crippen molar-refractivity contribution < 1.29 is 9.59 Å². The third-order valence-corrected chi connectivity index (χ3v) is 6.37. The van der Waals surface area contributed by atoms with Crippen molar-refractivity contribution in [1.29, 1.82) is 0 Å². The van der Waals surface area contributed by atoms with E-state index in [-0.39, 0.29) is 11.8 Å². The molecule has 28 heavy (non-hydrogen) atoms. The second-order valence-corrected chi connectivity index (χ2v) is 9.05. The standard InChI is InChI=1S/C21H25BrN2O2S2/c1-24(14-15-8-10-16(28-3)11-9-15)21(26)19(12-13-27-2)23-20(25)17-6-4-5-7-18(17)22/h4-11,19H,12-14H2,1-3H3,(H,23,25). The number of carbonyl (C=O) groups excluding carboxylic acids is 2. The molecule has 0 spiro atoms. The third kappa shape index (κ3) is 6.57. The van der Waals surface area contributed by atoms with Gasteiger partial charge in [-0.1, -0.05) is 24.3 Å². The van der Waals surface area contributed by atoms with E-state index in [0.717, 1.165) is 11.3 Å². The van der Waals surface area contributed by atoms with Crippen LogP contribution in [0.25, 0.3) is 0 Å². The molecular formula is C21H25BrN2O2S2. The average molecular weight is 481 g/mol. The van der Waals surface area contributed by atoms with Gasteiger partial charge in [0.15, 0.2) is 0 Å². The van der Waals surface area contributed by atoms with E-state index < -0.39 is 6.04 Å². The number of hydrogen-bond acceptors (Lipinski definition) is 4. The van der Waals surface area contributed by atoms with Crippen LogP contribution in [0.1, 0.15) is 22.3 Å². The van der Waals surface area contributed by atoms with E-state index in [2.05, 4.69) is 33.4 Å². The summed E-state index contributed by atoms with van der Waals surface area (Å²) in [6.45, 7) is 0.508. The zero-order valence-corrected chi connectivity index (χ0v) is 19.5. The summed E-state index contributed by atoms with van der Waals surface area (Å²) in [5, 5.41) is 2.92. The summed E-state index contributed by atoms with van der Waals surface area (Å²) >= 11 is 6.75. The molecule has 0 aliphatic carbocycles. The quantitative estimate of drug-likeness (QED) is 0.529. The van der Waals surface area contributed by atoms with Crippen molar-refractivity contribution in [2.75, 3.05) is 25.3 Å². The maximum Gasteiger partial charge on any atom is 0.253 e. The van der Waals surface area contributed by atoms with Crippen LogP contribution in [0.15, 0.2) is 57.9 Å². The van der Waals surface area contributed by atoms with Crippen molar-refractivity contribution in [3.05, 3.63) is 64.1 Å². The summed E-state index contributed by atoms with van der Waals surface area (Å²) in [5.41, 5.74) is 1.59. The smallest absolute Gasteiger partial charge is 0.253 e. The molecule has 1 atom stereocenters. The van der Waals surface area contributed by atoms with E-state index in [1.165, 1.54) is 4.90 Å². The highest BCUT2D eigenvalue weighted by Crippen LogP contribution is 2.18. The van der Waals surface area contributed by atoms with E-state index in [1.807, 2.05) is 42.8 Å². The maximum absolute atomic E-state index is 13.0. The lowest BCUT2D eigenvalue weighted by atomic mass is 10.1. The molecule has 0 aliphatic rings. The molecule has 2 aromatic rings. The maximum atomic E-state index is 13.0.